The van der Waals surface area contributed by atoms with Crippen molar-refractivity contribution < 1.29 is 9.53 Å². The van der Waals surface area contributed by atoms with Gasteiger partial charge in [-0.3, -0.25) is 4.99 Å². The molecule has 0 N–H and O–H groups in total. The molecule has 2 aliphatic rings. The van der Waals surface area contributed by atoms with Gasteiger partial charge in [0.05, 0.1) is 11.9 Å². The van der Waals surface area contributed by atoms with E-state index in [9.17, 15) is 4.79 Å². The standard InChI is InChI=1S/C11H12BrNO2S.C2H6/c1-2-15-11(14)5-8-4-9-10(16-8)3-7(12)6-13-9;1-2/h5-6,10H,2-4H2,1H3;1-2H3/b8-5+;. The van der Waals surface area contributed by atoms with E-state index in [0.717, 1.165) is 27.9 Å². The zero-order chi connectivity index (χ0) is 13.5. The molecule has 3 nitrogen and oxygen atoms in total. The van der Waals surface area contributed by atoms with Gasteiger partial charge < -0.3 is 4.74 Å². The number of esters is 1. The van der Waals surface area contributed by atoms with Crippen LogP contribution < -0.4 is 0 Å². The number of hydrogen-bond acceptors (Lipinski definition) is 4. The third kappa shape index (κ3) is 4.28. The zero-order valence-electron chi connectivity index (χ0n) is 10.9. The number of ether oxygens (including phenoxy) is 1. The first-order chi connectivity index (χ1) is 8.69. The van der Waals surface area contributed by atoms with E-state index in [1.165, 1.54) is 0 Å². The second-order valence-electron chi connectivity index (χ2n) is 3.55. The van der Waals surface area contributed by atoms with Crippen LogP contribution in [-0.4, -0.2) is 23.5 Å². The molecule has 0 aromatic rings. The second kappa shape index (κ2) is 7.79. The predicted octanol–water partition coefficient (Wildman–Crippen LogP) is 4.05. The monoisotopic (exact) mass is 331 g/mol. The zero-order valence-corrected chi connectivity index (χ0v) is 13.3. The van der Waals surface area contributed by atoms with Crippen LogP contribution in [0.3, 0.4) is 0 Å². The summed E-state index contributed by atoms with van der Waals surface area (Å²) in [5.41, 5.74) is 1.16. The van der Waals surface area contributed by atoms with Gasteiger partial charge in [-0.1, -0.05) is 29.8 Å². The molecular formula is C13H18BrNO2S. The van der Waals surface area contributed by atoms with Crippen LogP contribution in [0.15, 0.2) is 26.7 Å². The third-order valence-electron chi connectivity index (χ3n) is 2.34. The molecule has 0 radical (unpaired) electrons. The Hall–Kier alpha value is -0.550. The van der Waals surface area contributed by atoms with Crippen molar-refractivity contribution in [2.75, 3.05) is 6.61 Å². The van der Waals surface area contributed by atoms with Gasteiger partial charge in [-0.05, 0) is 18.2 Å². The average Bonchev–Trinajstić information content (AvgIpc) is 2.73. The van der Waals surface area contributed by atoms with Gasteiger partial charge in [-0.2, -0.15) is 0 Å². The van der Waals surface area contributed by atoms with Crippen molar-refractivity contribution in [1.29, 1.82) is 0 Å². The third-order valence-corrected chi connectivity index (χ3v) is 4.15. The summed E-state index contributed by atoms with van der Waals surface area (Å²) in [5, 5.41) is 0.389. The number of carbonyl (C=O) groups is 1. The van der Waals surface area contributed by atoms with E-state index < -0.39 is 0 Å². The van der Waals surface area contributed by atoms with Gasteiger partial charge in [0.2, 0.25) is 0 Å². The van der Waals surface area contributed by atoms with Gasteiger partial charge in [0.1, 0.15) is 0 Å². The number of nitrogens with zero attached hydrogens (tertiary/aromatic N) is 1. The average molecular weight is 332 g/mol. The van der Waals surface area contributed by atoms with E-state index in [-0.39, 0.29) is 5.97 Å². The van der Waals surface area contributed by atoms with Gasteiger partial charge in [0, 0.05) is 28.9 Å². The first kappa shape index (κ1) is 15.5. The summed E-state index contributed by atoms with van der Waals surface area (Å²) in [6, 6.07) is 0. The highest BCUT2D eigenvalue weighted by molar-refractivity contribution is 9.11. The summed E-state index contributed by atoms with van der Waals surface area (Å²) < 4.78 is 6.00. The summed E-state index contributed by atoms with van der Waals surface area (Å²) >= 11 is 5.16. The summed E-state index contributed by atoms with van der Waals surface area (Å²) in [4.78, 5) is 16.7. The second-order valence-corrected chi connectivity index (χ2v) is 5.89. The number of halogens is 1. The SMILES string of the molecule is CC.CCOC(=O)/C=C1\CC2=NC=C(Br)CC2S1. The molecule has 5 heteroatoms. The lowest BCUT2D eigenvalue weighted by atomic mass is 10.1. The number of aliphatic imine (C=N–C) groups is 1. The molecule has 2 aliphatic heterocycles. The minimum atomic E-state index is -0.253. The van der Waals surface area contributed by atoms with Gasteiger partial charge in [0.25, 0.3) is 0 Å². The van der Waals surface area contributed by atoms with Crippen molar-refractivity contribution in [1.82, 2.24) is 0 Å². The quantitative estimate of drug-likeness (QED) is 0.566. The first-order valence-electron chi connectivity index (χ1n) is 6.14. The topological polar surface area (TPSA) is 38.7 Å². The highest BCUT2D eigenvalue weighted by Gasteiger charge is 2.29. The van der Waals surface area contributed by atoms with E-state index >= 15 is 0 Å². The van der Waals surface area contributed by atoms with Crippen molar-refractivity contribution in [3.8, 4) is 0 Å². The van der Waals surface area contributed by atoms with Crippen LogP contribution in [0.1, 0.15) is 33.6 Å². The molecule has 0 aromatic carbocycles. The maximum Gasteiger partial charge on any atom is 0.331 e. The van der Waals surface area contributed by atoms with E-state index in [2.05, 4.69) is 20.9 Å². The fraction of sp³-hybridized carbons (Fsp3) is 0.538. The van der Waals surface area contributed by atoms with Gasteiger partial charge in [-0.15, -0.1) is 11.8 Å². The Morgan fingerprint density at radius 2 is 2.39 bits per heavy atom. The minimum Gasteiger partial charge on any atom is -0.463 e. The number of thioether (sulfide) groups is 1. The fourth-order valence-corrected chi connectivity index (χ4v) is 3.60. The first-order valence-corrected chi connectivity index (χ1v) is 7.81. The Bertz CT molecular complexity index is 402. The highest BCUT2D eigenvalue weighted by atomic mass is 79.9. The molecule has 18 heavy (non-hydrogen) atoms. The van der Waals surface area contributed by atoms with Crippen LogP contribution in [0.4, 0.5) is 0 Å². The lowest BCUT2D eigenvalue weighted by Gasteiger charge is -2.12. The molecule has 0 amide bonds. The molecule has 0 spiro atoms. The normalized spacial score (nSPS) is 23.6. The number of fused-ring (bicyclic) bond motifs is 1. The molecule has 2 heterocycles. The Morgan fingerprint density at radius 3 is 3.06 bits per heavy atom. The predicted molar refractivity (Wildman–Crippen MR) is 81.1 cm³/mol. The summed E-state index contributed by atoms with van der Waals surface area (Å²) in [5.74, 6) is -0.253. The Kier molecular flexibility index (Phi) is 6.71. The minimum absolute atomic E-state index is 0.253. The molecule has 2 rings (SSSR count). The van der Waals surface area contributed by atoms with Gasteiger partial charge in [-0.25, -0.2) is 4.79 Å². The molecule has 1 saturated heterocycles. The molecule has 0 saturated carbocycles. The molecule has 0 aromatic heterocycles. The molecular weight excluding hydrogens is 314 g/mol. The van der Waals surface area contributed by atoms with Crippen molar-refractivity contribution >= 4 is 39.4 Å². The van der Waals surface area contributed by atoms with Gasteiger partial charge in [0.15, 0.2) is 0 Å². The molecule has 1 fully saturated rings. The number of carbonyl (C=O) groups excluding carboxylic acids is 1. The maximum atomic E-state index is 11.3. The van der Waals surface area contributed by atoms with Gasteiger partial charge >= 0.3 is 5.97 Å². The van der Waals surface area contributed by atoms with Crippen molar-refractivity contribution in [2.45, 2.75) is 38.9 Å². The van der Waals surface area contributed by atoms with Crippen molar-refractivity contribution in [2.24, 2.45) is 4.99 Å². The maximum absolute atomic E-state index is 11.3. The summed E-state index contributed by atoms with van der Waals surface area (Å²) in [7, 11) is 0. The van der Waals surface area contributed by atoms with Crippen molar-refractivity contribution in [3.63, 3.8) is 0 Å². The Balaban J connectivity index is 0.000000771. The number of allylic oxidation sites excluding steroid dienone is 2. The van der Waals surface area contributed by atoms with Crippen LogP contribution in [0, 0.1) is 0 Å². The molecule has 100 valence electrons. The lowest BCUT2D eigenvalue weighted by Crippen LogP contribution is -2.13. The fourth-order valence-electron chi connectivity index (χ4n) is 1.66. The van der Waals surface area contributed by atoms with E-state index in [1.807, 2.05) is 27.0 Å². The summed E-state index contributed by atoms with van der Waals surface area (Å²) in [6.07, 6.45) is 5.18. The van der Waals surface area contributed by atoms with E-state index in [1.54, 1.807) is 17.8 Å². The molecule has 0 bridgehead atoms. The van der Waals surface area contributed by atoms with Crippen LogP contribution in [0.2, 0.25) is 0 Å². The Morgan fingerprint density at radius 1 is 1.67 bits per heavy atom. The highest BCUT2D eigenvalue weighted by Crippen LogP contribution is 2.41. The molecule has 0 aliphatic carbocycles. The van der Waals surface area contributed by atoms with Crippen LogP contribution in [-0.2, 0) is 9.53 Å². The summed E-state index contributed by atoms with van der Waals surface area (Å²) in [6.45, 7) is 6.23. The van der Waals surface area contributed by atoms with E-state index in [4.69, 9.17) is 4.74 Å². The van der Waals surface area contributed by atoms with Crippen LogP contribution in [0.25, 0.3) is 0 Å². The van der Waals surface area contributed by atoms with Crippen molar-refractivity contribution in [3.05, 3.63) is 21.7 Å². The molecule has 1 atom stereocenters. The van der Waals surface area contributed by atoms with E-state index in [0.29, 0.717) is 11.9 Å². The smallest absolute Gasteiger partial charge is 0.331 e. The lowest BCUT2D eigenvalue weighted by molar-refractivity contribution is -0.137. The van der Waals surface area contributed by atoms with Crippen LogP contribution >= 0.6 is 27.7 Å². The largest absolute Gasteiger partial charge is 0.463 e. The number of hydrogen-bond donors (Lipinski definition) is 0. The Labute approximate surface area is 121 Å². The molecule has 1 unspecified atom stereocenters. The number of rotatable bonds is 2. The van der Waals surface area contributed by atoms with Crippen LogP contribution in [0.5, 0.6) is 0 Å².